The molecule has 7 heavy (non-hydrogen) atoms. The van der Waals surface area contributed by atoms with Gasteiger partial charge in [-0.25, -0.2) is 0 Å². The van der Waals surface area contributed by atoms with Crippen LogP contribution in [-0.4, -0.2) is 15.1 Å². The summed E-state index contributed by atoms with van der Waals surface area (Å²) in [6.45, 7) is 6.22. The lowest BCUT2D eigenvalue weighted by molar-refractivity contribution is 0.696. The van der Waals surface area contributed by atoms with Gasteiger partial charge in [0, 0.05) is 0 Å². The zero-order valence-corrected chi connectivity index (χ0v) is 5.31. The molecule has 0 bridgehead atoms. The summed E-state index contributed by atoms with van der Waals surface area (Å²) in [5.74, 6) is 0.588. The predicted molar refractivity (Wildman–Crippen MR) is 36.0 cm³/mol. The lowest BCUT2D eigenvalue weighted by Gasteiger charge is -2.10. The van der Waals surface area contributed by atoms with E-state index < -0.39 is 0 Å². The Bertz CT molecular complexity index is 43.3. The molecule has 0 aliphatic heterocycles. The molecule has 0 fully saturated rings. The number of hydrogen-bond acceptors (Lipinski definition) is 0. The van der Waals surface area contributed by atoms with E-state index in [1.807, 2.05) is 14.1 Å². The third-order valence-electron chi connectivity index (χ3n) is 1.15. The van der Waals surface area contributed by atoms with Crippen LogP contribution in [0.15, 0.2) is 0 Å². The van der Waals surface area contributed by atoms with Gasteiger partial charge in [-0.05, 0) is 0 Å². The van der Waals surface area contributed by atoms with Crippen molar-refractivity contribution in [3.63, 3.8) is 0 Å². The first-order chi connectivity index (χ1) is 3.18. The Morgan fingerprint density at radius 1 is 1.43 bits per heavy atom. The molecule has 0 aliphatic carbocycles. The second-order valence-corrected chi connectivity index (χ2v) is 2.15. The van der Waals surface area contributed by atoms with Gasteiger partial charge in [0.05, 0.1) is 15.1 Å². The number of rotatable bonds is 2. The molecule has 0 aromatic rings. The Balaban J connectivity index is 3.14. The Labute approximate surface area is 48.3 Å². The molecule has 1 unspecified atom stereocenters. The molecular formula is C5H11B2. The molecule has 0 N–H and O–H groups in total. The Kier molecular flexibility index (Phi) is 3.23. The van der Waals surface area contributed by atoms with Crippen LogP contribution >= 0.6 is 0 Å². The zero-order valence-electron chi connectivity index (χ0n) is 5.31. The average Bonchev–Trinajstić information content (AvgIpc) is 1.65. The lowest BCUT2D eigenvalue weighted by atomic mass is 9.52. The molecule has 37 valence electrons. The van der Waals surface area contributed by atoms with E-state index in [-0.39, 0.29) is 5.72 Å². The van der Waals surface area contributed by atoms with Crippen LogP contribution in [0, 0.1) is 5.92 Å². The SMILES string of the molecule is [B]C([B]C)C(C)C. The minimum absolute atomic E-state index is 0.278. The summed E-state index contributed by atoms with van der Waals surface area (Å²) in [5, 5.41) is 0. The minimum atomic E-state index is 0.278. The maximum atomic E-state index is 5.56. The molecule has 0 heterocycles. The van der Waals surface area contributed by atoms with Crippen LogP contribution in [-0.2, 0) is 0 Å². The van der Waals surface area contributed by atoms with E-state index in [1.165, 1.54) is 0 Å². The van der Waals surface area contributed by atoms with E-state index in [9.17, 15) is 0 Å². The fourth-order valence-electron chi connectivity index (χ4n) is 0.385. The van der Waals surface area contributed by atoms with Gasteiger partial charge in [-0.1, -0.05) is 26.6 Å². The molecule has 1 atom stereocenters. The van der Waals surface area contributed by atoms with Gasteiger partial charge >= 0.3 is 0 Å². The molecule has 0 aromatic heterocycles. The third-order valence-corrected chi connectivity index (χ3v) is 1.15. The molecule has 0 rings (SSSR count). The Morgan fingerprint density at radius 2 is 1.86 bits per heavy atom. The molecule has 0 nitrogen and oxygen atoms in total. The molecule has 0 saturated carbocycles. The maximum Gasteiger partial charge on any atom is 0.0995 e. The van der Waals surface area contributed by atoms with E-state index in [0.29, 0.717) is 5.92 Å². The molecule has 0 amide bonds. The van der Waals surface area contributed by atoms with E-state index in [1.54, 1.807) is 0 Å². The van der Waals surface area contributed by atoms with E-state index in [0.717, 1.165) is 0 Å². The summed E-state index contributed by atoms with van der Waals surface area (Å²) < 4.78 is 0. The van der Waals surface area contributed by atoms with Gasteiger partial charge in [0.2, 0.25) is 0 Å². The summed E-state index contributed by atoms with van der Waals surface area (Å²) in [6, 6.07) is 0. The lowest BCUT2D eigenvalue weighted by Crippen LogP contribution is -2.06. The molecule has 0 aromatic carbocycles. The highest BCUT2D eigenvalue weighted by molar-refractivity contribution is 6.49. The summed E-state index contributed by atoms with van der Waals surface area (Å²) in [4.78, 5) is 0. The highest BCUT2D eigenvalue weighted by atomic mass is 13.9. The van der Waals surface area contributed by atoms with Crippen molar-refractivity contribution < 1.29 is 0 Å². The summed E-state index contributed by atoms with van der Waals surface area (Å²) >= 11 is 0. The van der Waals surface area contributed by atoms with E-state index in [4.69, 9.17) is 7.85 Å². The van der Waals surface area contributed by atoms with Gasteiger partial charge in [0.15, 0.2) is 0 Å². The Hall–Kier alpha value is 0.130. The van der Waals surface area contributed by atoms with E-state index in [2.05, 4.69) is 13.8 Å². The van der Waals surface area contributed by atoms with Crippen LogP contribution < -0.4 is 0 Å². The van der Waals surface area contributed by atoms with Crippen molar-refractivity contribution in [3.8, 4) is 0 Å². The average molecular weight is 92.8 g/mol. The van der Waals surface area contributed by atoms with Crippen molar-refractivity contribution in [2.45, 2.75) is 26.4 Å². The molecule has 0 aliphatic rings. The minimum Gasteiger partial charge on any atom is -0.100 e. The molecular weight excluding hydrogens is 81.7 g/mol. The first kappa shape index (κ1) is 7.13. The van der Waals surface area contributed by atoms with Gasteiger partial charge in [0.1, 0.15) is 0 Å². The smallest absolute Gasteiger partial charge is 0.0995 e. The number of hydrogen-bond donors (Lipinski definition) is 0. The van der Waals surface area contributed by atoms with E-state index >= 15 is 0 Å². The highest BCUT2D eigenvalue weighted by Gasteiger charge is 2.01. The fourth-order valence-corrected chi connectivity index (χ4v) is 0.385. The summed E-state index contributed by atoms with van der Waals surface area (Å²) in [6.07, 6.45) is 0. The monoisotopic (exact) mass is 93.1 g/mol. The topological polar surface area (TPSA) is 0 Å². The van der Waals surface area contributed by atoms with Crippen molar-refractivity contribution in [3.05, 3.63) is 0 Å². The van der Waals surface area contributed by atoms with Crippen LogP contribution in [0.25, 0.3) is 0 Å². The van der Waals surface area contributed by atoms with Gasteiger partial charge in [-0.2, -0.15) is 0 Å². The van der Waals surface area contributed by atoms with Crippen LogP contribution in [0.5, 0.6) is 0 Å². The van der Waals surface area contributed by atoms with Crippen LogP contribution in [0.1, 0.15) is 13.8 Å². The highest BCUT2D eigenvalue weighted by Crippen LogP contribution is 2.09. The third kappa shape index (κ3) is 2.78. The first-order valence-electron chi connectivity index (χ1n) is 2.73. The normalized spacial score (nSPS) is 14.3. The standard InChI is InChI=1S/C5H11B2/c1-4(2)5(6)7-3/h4-5H,1-3H3. The van der Waals surface area contributed by atoms with Crippen molar-refractivity contribution >= 4 is 15.1 Å². The Morgan fingerprint density at radius 3 is 1.86 bits per heavy atom. The fraction of sp³-hybridized carbons (Fsp3) is 1.00. The second kappa shape index (κ2) is 3.17. The predicted octanol–water partition coefficient (Wildman–Crippen LogP) is 1.31. The summed E-state index contributed by atoms with van der Waals surface area (Å²) in [5.41, 5.74) is 0.278. The van der Waals surface area contributed by atoms with Crippen LogP contribution in [0.3, 0.4) is 0 Å². The molecule has 2 heteroatoms. The second-order valence-electron chi connectivity index (χ2n) is 2.15. The van der Waals surface area contributed by atoms with Gasteiger partial charge < -0.3 is 0 Å². The van der Waals surface area contributed by atoms with Crippen molar-refractivity contribution in [1.29, 1.82) is 0 Å². The molecule has 3 radical (unpaired) electrons. The van der Waals surface area contributed by atoms with Gasteiger partial charge in [-0.15, -0.1) is 5.72 Å². The van der Waals surface area contributed by atoms with Gasteiger partial charge in [0.25, 0.3) is 0 Å². The van der Waals surface area contributed by atoms with Crippen LogP contribution in [0.4, 0.5) is 0 Å². The van der Waals surface area contributed by atoms with Crippen LogP contribution in [0.2, 0.25) is 12.5 Å². The molecule has 0 saturated heterocycles. The van der Waals surface area contributed by atoms with Gasteiger partial charge in [-0.3, -0.25) is 0 Å². The zero-order chi connectivity index (χ0) is 5.86. The largest absolute Gasteiger partial charge is 0.100 e. The molecule has 0 spiro atoms. The summed E-state index contributed by atoms with van der Waals surface area (Å²) in [7, 11) is 7.58. The van der Waals surface area contributed by atoms with Crippen molar-refractivity contribution in [1.82, 2.24) is 0 Å². The van der Waals surface area contributed by atoms with Crippen molar-refractivity contribution in [2.75, 3.05) is 0 Å². The quantitative estimate of drug-likeness (QED) is 0.451. The van der Waals surface area contributed by atoms with Crippen molar-refractivity contribution in [2.24, 2.45) is 5.92 Å². The first-order valence-corrected chi connectivity index (χ1v) is 2.73. The maximum absolute atomic E-state index is 5.56.